The average molecular weight is 586 g/mol. The molecule has 1 aliphatic rings. The molecule has 1 aliphatic heterocycles. The first-order chi connectivity index (χ1) is 19.3. The van der Waals surface area contributed by atoms with Crippen LogP contribution >= 0.6 is 23.4 Å². The van der Waals surface area contributed by atoms with Gasteiger partial charge in [0.05, 0.1) is 11.4 Å². The van der Waals surface area contributed by atoms with Gasteiger partial charge in [0.15, 0.2) is 5.75 Å². The van der Waals surface area contributed by atoms with Crippen LogP contribution in [-0.2, 0) is 21.5 Å². The number of imide groups is 1. The van der Waals surface area contributed by atoms with E-state index in [1.165, 1.54) is 35.2 Å². The van der Waals surface area contributed by atoms with Gasteiger partial charge in [0.1, 0.15) is 4.90 Å². The van der Waals surface area contributed by atoms with Crippen LogP contribution in [-0.4, -0.2) is 24.5 Å². The molecule has 5 aromatic rings. The molecule has 0 radical (unpaired) electrons. The van der Waals surface area contributed by atoms with Crippen LogP contribution in [0.5, 0.6) is 5.75 Å². The Bertz CT molecular complexity index is 1950. The van der Waals surface area contributed by atoms with Crippen LogP contribution < -0.4 is 4.18 Å². The van der Waals surface area contributed by atoms with Crippen molar-refractivity contribution in [1.29, 1.82) is 0 Å². The highest BCUT2D eigenvalue weighted by Crippen LogP contribution is 2.38. The Hall–Kier alpha value is -4.11. The number of carbonyl (C=O) groups excluding carboxylic acids is 2. The van der Waals surface area contributed by atoms with E-state index in [1.54, 1.807) is 12.1 Å². The van der Waals surface area contributed by atoms with Crippen molar-refractivity contribution in [2.45, 2.75) is 11.4 Å². The van der Waals surface area contributed by atoms with Crippen LogP contribution in [0.2, 0.25) is 5.02 Å². The van der Waals surface area contributed by atoms with E-state index in [2.05, 4.69) is 0 Å². The lowest BCUT2D eigenvalue weighted by Crippen LogP contribution is -2.27. The molecule has 0 saturated carbocycles. The smallest absolute Gasteiger partial charge is 0.339 e. The molecule has 0 N–H and O–H groups in total. The highest BCUT2D eigenvalue weighted by Gasteiger charge is 2.35. The highest BCUT2D eigenvalue weighted by atomic mass is 35.5. The lowest BCUT2D eigenvalue weighted by Gasteiger charge is -2.15. The molecule has 0 unspecified atom stereocenters. The second kappa shape index (κ2) is 10.5. The Balaban J connectivity index is 1.38. The average Bonchev–Trinajstić information content (AvgIpc) is 3.22. The van der Waals surface area contributed by atoms with Gasteiger partial charge in [-0.3, -0.25) is 14.5 Å². The third kappa shape index (κ3) is 4.97. The van der Waals surface area contributed by atoms with E-state index < -0.39 is 21.3 Å². The lowest BCUT2D eigenvalue weighted by molar-refractivity contribution is -0.123. The number of benzene rings is 5. The van der Waals surface area contributed by atoms with Gasteiger partial charge in [0.2, 0.25) is 0 Å². The zero-order chi connectivity index (χ0) is 27.9. The fraction of sp³-hybridized carbons (Fsp3) is 0.0323. The van der Waals surface area contributed by atoms with Crippen molar-refractivity contribution in [3.05, 3.63) is 124 Å². The molecule has 6 nitrogen and oxygen atoms in total. The molecular weight excluding hydrogens is 566 g/mol. The third-order valence-electron chi connectivity index (χ3n) is 6.59. The van der Waals surface area contributed by atoms with Crippen molar-refractivity contribution in [3.8, 4) is 5.75 Å². The van der Waals surface area contributed by atoms with Crippen molar-refractivity contribution in [2.24, 2.45) is 0 Å². The Morgan fingerprint density at radius 2 is 1.43 bits per heavy atom. The number of amides is 2. The van der Waals surface area contributed by atoms with E-state index in [-0.39, 0.29) is 22.1 Å². The summed E-state index contributed by atoms with van der Waals surface area (Å²) in [5.41, 5.74) is 1.23. The second-order valence-corrected chi connectivity index (χ2v) is 12.1. The Morgan fingerprint density at radius 3 is 2.17 bits per heavy atom. The number of halogens is 1. The number of carbonyl (C=O) groups is 2. The topological polar surface area (TPSA) is 80.8 Å². The standard InChI is InChI=1S/C31H20ClNO5S2/c32-23-13-15-24(16-14-23)40(36,37)38-28-17-12-21-7-2-4-11-26(21)27(28)18-29-30(34)33(31(35)39-29)19-22-9-5-8-20-6-1-3-10-25(20)22/h1-18H,19H2/b29-18-. The number of fused-ring (bicyclic) bond motifs is 2. The van der Waals surface area contributed by atoms with Gasteiger partial charge in [-0.05, 0) is 75.3 Å². The summed E-state index contributed by atoms with van der Waals surface area (Å²) >= 11 is 6.73. The molecule has 0 aliphatic carbocycles. The van der Waals surface area contributed by atoms with Gasteiger partial charge in [-0.1, -0.05) is 84.4 Å². The number of nitrogens with zero attached hydrogens (tertiary/aromatic N) is 1. The maximum absolute atomic E-state index is 13.5. The van der Waals surface area contributed by atoms with Crippen LogP contribution in [0.3, 0.4) is 0 Å². The summed E-state index contributed by atoms with van der Waals surface area (Å²) in [7, 11) is -4.21. The zero-order valence-corrected chi connectivity index (χ0v) is 23.2. The lowest BCUT2D eigenvalue weighted by atomic mass is 10.0. The molecule has 5 aromatic carbocycles. The van der Waals surface area contributed by atoms with Crippen LogP contribution in [0.15, 0.2) is 113 Å². The normalized spacial score (nSPS) is 14.9. The van der Waals surface area contributed by atoms with E-state index in [1.807, 2.05) is 66.7 Å². The fourth-order valence-electron chi connectivity index (χ4n) is 4.63. The predicted molar refractivity (Wildman–Crippen MR) is 159 cm³/mol. The van der Waals surface area contributed by atoms with Gasteiger partial charge in [-0.15, -0.1) is 0 Å². The monoisotopic (exact) mass is 585 g/mol. The van der Waals surface area contributed by atoms with Gasteiger partial charge in [0.25, 0.3) is 11.1 Å². The van der Waals surface area contributed by atoms with Crippen molar-refractivity contribution in [1.82, 2.24) is 4.90 Å². The van der Waals surface area contributed by atoms with E-state index in [9.17, 15) is 18.0 Å². The molecule has 0 bridgehead atoms. The molecule has 1 saturated heterocycles. The summed E-state index contributed by atoms with van der Waals surface area (Å²) < 4.78 is 31.8. The SMILES string of the molecule is O=C1S/C(=C\c2c(OS(=O)(=O)c3ccc(Cl)cc3)ccc3ccccc23)C(=O)N1Cc1cccc2ccccc12. The Morgan fingerprint density at radius 1 is 0.775 bits per heavy atom. The van der Waals surface area contributed by atoms with Crippen molar-refractivity contribution in [3.63, 3.8) is 0 Å². The van der Waals surface area contributed by atoms with Crippen molar-refractivity contribution >= 4 is 72.2 Å². The van der Waals surface area contributed by atoms with Crippen LogP contribution in [0, 0.1) is 0 Å². The molecule has 0 atom stereocenters. The molecule has 198 valence electrons. The maximum Gasteiger partial charge on any atom is 0.339 e. The number of hydrogen-bond acceptors (Lipinski definition) is 6. The zero-order valence-electron chi connectivity index (χ0n) is 20.8. The molecule has 1 heterocycles. The van der Waals surface area contributed by atoms with Gasteiger partial charge < -0.3 is 4.18 Å². The summed E-state index contributed by atoms with van der Waals surface area (Å²) in [5, 5.41) is 3.46. The minimum Gasteiger partial charge on any atom is -0.378 e. The quantitative estimate of drug-likeness (QED) is 0.150. The third-order valence-corrected chi connectivity index (χ3v) is 9.00. The van der Waals surface area contributed by atoms with Crippen LogP contribution in [0.25, 0.3) is 27.6 Å². The van der Waals surface area contributed by atoms with E-state index in [4.69, 9.17) is 15.8 Å². The largest absolute Gasteiger partial charge is 0.378 e. The summed E-state index contributed by atoms with van der Waals surface area (Å²) in [6.45, 7) is 0.118. The molecule has 9 heteroatoms. The summed E-state index contributed by atoms with van der Waals surface area (Å²) in [4.78, 5) is 27.8. The van der Waals surface area contributed by atoms with Crippen LogP contribution in [0.4, 0.5) is 4.79 Å². The first-order valence-electron chi connectivity index (χ1n) is 12.2. The molecule has 2 amide bonds. The summed E-state index contributed by atoms with van der Waals surface area (Å²) in [6, 6.07) is 29.8. The fourth-order valence-corrected chi connectivity index (χ4v) is 6.53. The number of rotatable bonds is 6. The minimum atomic E-state index is -4.21. The predicted octanol–water partition coefficient (Wildman–Crippen LogP) is 7.65. The molecule has 40 heavy (non-hydrogen) atoms. The minimum absolute atomic E-state index is 0.0366. The van der Waals surface area contributed by atoms with Crippen molar-refractivity contribution in [2.75, 3.05) is 0 Å². The highest BCUT2D eigenvalue weighted by molar-refractivity contribution is 8.18. The number of thioether (sulfide) groups is 1. The molecule has 6 rings (SSSR count). The maximum atomic E-state index is 13.5. The van der Waals surface area contributed by atoms with Crippen LogP contribution in [0.1, 0.15) is 11.1 Å². The molecule has 1 fully saturated rings. The van der Waals surface area contributed by atoms with E-state index in [0.29, 0.717) is 16.0 Å². The first kappa shape index (κ1) is 26.1. The second-order valence-electron chi connectivity index (χ2n) is 9.10. The van der Waals surface area contributed by atoms with Gasteiger partial charge in [-0.25, -0.2) is 0 Å². The molecule has 0 spiro atoms. The summed E-state index contributed by atoms with van der Waals surface area (Å²) in [6.07, 6.45) is 1.53. The van der Waals surface area contributed by atoms with Gasteiger partial charge in [0, 0.05) is 10.6 Å². The Labute approximate surface area is 239 Å². The van der Waals surface area contributed by atoms with Crippen molar-refractivity contribution < 1.29 is 22.2 Å². The molecular formula is C31H20ClNO5S2. The van der Waals surface area contributed by atoms with Gasteiger partial charge >= 0.3 is 10.1 Å². The number of hydrogen-bond donors (Lipinski definition) is 0. The first-order valence-corrected chi connectivity index (χ1v) is 14.8. The van der Waals surface area contributed by atoms with Gasteiger partial charge in [-0.2, -0.15) is 8.42 Å². The van der Waals surface area contributed by atoms with E-state index in [0.717, 1.165) is 33.5 Å². The molecule has 0 aromatic heterocycles. The van der Waals surface area contributed by atoms with E-state index >= 15 is 0 Å². The summed E-state index contributed by atoms with van der Waals surface area (Å²) in [5.74, 6) is -0.420. The Kier molecular flexibility index (Phi) is 6.83.